The quantitative estimate of drug-likeness (QED) is 0.405. The number of amides is 4. The highest BCUT2D eigenvalue weighted by Gasteiger charge is 2.34. The molecule has 2 aliphatic rings. The van der Waals surface area contributed by atoms with Crippen LogP contribution >= 0.6 is 11.6 Å². The highest BCUT2D eigenvalue weighted by atomic mass is 35.5. The van der Waals surface area contributed by atoms with Gasteiger partial charge in [-0.3, -0.25) is 24.5 Å². The number of likely N-dealkylation sites (N-methyl/N-ethyl adjacent to an activating group) is 1. The molecule has 10 nitrogen and oxygen atoms in total. The molecule has 0 spiro atoms. The summed E-state index contributed by atoms with van der Waals surface area (Å²) in [5.74, 6) is -2.87. The van der Waals surface area contributed by atoms with Crippen LogP contribution in [0.25, 0.3) is 0 Å². The number of ether oxygens (including phenoxy) is 1. The first-order valence-corrected chi connectivity index (χ1v) is 10.7. The van der Waals surface area contributed by atoms with Crippen molar-refractivity contribution < 1.29 is 28.7 Å². The second-order valence-corrected chi connectivity index (χ2v) is 8.27. The maximum Gasteiger partial charge on any atom is 0.411 e. The van der Waals surface area contributed by atoms with Gasteiger partial charge >= 0.3 is 6.09 Å². The van der Waals surface area contributed by atoms with Crippen molar-refractivity contribution in [2.24, 2.45) is 11.8 Å². The summed E-state index contributed by atoms with van der Waals surface area (Å²) in [6.45, 7) is 0.761. The van der Waals surface area contributed by atoms with Crippen molar-refractivity contribution in [1.82, 2.24) is 16.0 Å². The Morgan fingerprint density at radius 2 is 1.97 bits per heavy atom. The molecule has 1 saturated carbocycles. The number of ketones is 1. The van der Waals surface area contributed by atoms with Crippen molar-refractivity contribution >= 4 is 46.9 Å². The average Bonchev–Trinajstić information content (AvgIpc) is 3.52. The van der Waals surface area contributed by atoms with Crippen LogP contribution in [-0.4, -0.2) is 55.8 Å². The molecule has 4 amide bonds. The summed E-state index contributed by atoms with van der Waals surface area (Å²) in [4.78, 5) is 61.5. The van der Waals surface area contributed by atoms with Crippen LogP contribution in [0.5, 0.6) is 0 Å². The van der Waals surface area contributed by atoms with Gasteiger partial charge in [-0.25, -0.2) is 4.79 Å². The Kier molecular flexibility index (Phi) is 7.68. The lowest BCUT2D eigenvalue weighted by atomic mass is 9.95. The smallest absolute Gasteiger partial charge is 0.411 e. The molecule has 0 radical (unpaired) electrons. The standard InChI is InChI=1S/C21H25ClN4O6/c1-23-20(30)17(27)16(8-12-6-7-24-18(12)28)25-19(29)14-9-13(22)4-5-15(14)26-21(31)32-10-11-2-3-11/h4-5,9,11-12,16H,2-3,6-8,10H2,1H3,(H,23,30)(H,24,28)(H,25,29)(H,26,31)/t12-,16?/m0/s1. The first-order chi connectivity index (χ1) is 15.3. The Balaban J connectivity index is 1.75. The summed E-state index contributed by atoms with van der Waals surface area (Å²) in [5.41, 5.74) is 0.129. The van der Waals surface area contributed by atoms with Gasteiger partial charge in [0.05, 0.1) is 23.9 Å². The Labute approximate surface area is 189 Å². The van der Waals surface area contributed by atoms with E-state index in [-0.39, 0.29) is 28.6 Å². The van der Waals surface area contributed by atoms with Gasteiger partial charge in [-0.15, -0.1) is 0 Å². The van der Waals surface area contributed by atoms with Gasteiger partial charge in [-0.05, 0) is 49.8 Å². The lowest BCUT2D eigenvalue weighted by Gasteiger charge is -2.20. The number of nitrogens with one attached hydrogen (secondary N) is 4. The number of carbonyl (C=O) groups is 5. The topological polar surface area (TPSA) is 143 Å². The third kappa shape index (κ3) is 6.19. The van der Waals surface area contributed by atoms with Crippen LogP contribution in [-0.2, 0) is 19.1 Å². The number of hydrogen-bond donors (Lipinski definition) is 4. The number of halogens is 1. The zero-order valence-electron chi connectivity index (χ0n) is 17.5. The minimum atomic E-state index is -1.23. The molecule has 1 aliphatic heterocycles. The molecule has 0 aromatic heterocycles. The molecular formula is C21H25ClN4O6. The van der Waals surface area contributed by atoms with E-state index in [1.807, 2.05) is 0 Å². The Bertz CT molecular complexity index is 933. The monoisotopic (exact) mass is 464 g/mol. The van der Waals surface area contributed by atoms with Crippen LogP contribution in [0.15, 0.2) is 18.2 Å². The van der Waals surface area contributed by atoms with Crippen molar-refractivity contribution in [3.63, 3.8) is 0 Å². The fraction of sp³-hybridized carbons (Fsp3) is 0.476. The van der Waals surface area contributed by atoms with E-state index in [4.69, 9.17) is 16.3 Å². The predicted octanol–water partition coefficient (Wildman–Crippen LogP) is 1.24. The lowest BCUT2D eigenvalue weighted by Crippen LogP contribution is -2.48. The molecule has 11 heteroatoms. The van der Waals surface area contributed by atoms with E-state index in [1.54, 1.807) is 0 Å². The van der Waals surface area contributed by atoms with Crippen LogP contribution < -0.4 is 21.3 Å². The predicted molar refractivity (Wildman–Crippen MR) is 115 cm³/mol. The van der Waals surface area contributed by atoms with E-state index in [0.29, 0.717) is 25.5 Å². The van der Waals surface area contributed by atoms with Crippen LogP contribution in [0, 0.1) is 11.8 Å². The summed E-state index contributed by atoms with van der Waals surface area (Å²) in [7, 11) is 1.30. The van der Waals surface area contributed by atoms with Gasteiger partial charge in [0.15, 0.2) is 0 Å². The van der Waals surface area contributed by atoms with Crippen LogP contribution in [0.1, 0.15) is 36.0 Å². The first-order valence-electron chi connectivity index (χ1n) is 10.4. The van der Waals surface area contributed by atoms with E-state index in [9.17, 15) is 24.0 Å². The SMILES string of the molecule is CNC(=O)C(=O)C(C[C@@H]1CCNC1=O)NC(=O)c1cc(Cl)ccc1NC(=O)OCC1CC1. The summed E-state index contributed by atoms with van der Waals surface area (Å²) in [5, 5.41) is 10.2. The molecule has 1 saturated heterocycles. The molecule has 1 aromatic carbocycles. The van der Waals surface area contributed by atoms with E-state index >= 15 is 0 Å². The molecule has 1 aliphatic carbocycles. The number of benzene rings is 1. The van der Waals surface area contributed by atoms with Gasteiger partial charge in [-0.2, -0.15) is 0 Å². The van der Waals surface area contributed by atoms with Gasteiger partial charge < -0.3 is 20.7 Å². The third-order valence-electron chi connectivity index (χ3n) is 5.37. The van der Waals surface area contributed by atoms with Crippen LogP contribution in [0.4, 0.5) is 10.5 Å². The second-order valence-electron chi connectivity index (χ2n) is 7.84. The molecule has 3 rings (SSSR count). The van der Waals surface area contributed by atoms with Crippen molar-refractivity contribution in [1.29, 1.82) is 0 Å². The summed E-state index contributed by atoms with van der Waals surface area (Å²) >= 11 is 6.03. The molecule has 2 atom stereocenters. The zero-order valence-corrected chi connectivity index (χ0v) is 18.3. The van der Waals surface area contributed by atoms with E-state index in [2.05, 4.69) is 21.3 Å². The number of rotatable bonds is 9. The molecule has 1 aromatic rings. The lowest BCUT2D eigenvalue weighted by molar-refractivity contribution is -0.139. The van der Waals surface area contributed by atoms with Gasteiger partial charge in [0.25, 0.3) is 11.8 Å². The third-order valence-corrected chi connectivity index (χ3v) is 5.60. The van der Waals surface area contributed by atoms with Crippen molar-refractivity contribution in [2.75, 3.05) is 25.5 Å². The largest absolute Gasteiger partial charge is 0.449 e. The Morgan fingerprint density at radius 1 is 1.22 bits per heavy atom. The minimum absolute atomic E-state index is 0.00791. The van der Waals surface area contributed by atoms with Gasteiger partial charge in [0.1, 0.15) is 0 Å². The van der Waals surface area contributed by atoms with Crippen molar-refractivity contribution in [3.05, 3.63) is 28.8 Å². The first kappa shape index (κ1) is 23.5. The molecule has 32 heavy (non-hydrogen) atoms. The van der Waals surface area contributed by atoms with Crippen molar-refractivity contribution in [3.8, 4) is 0 Å². The van der Waals surface area contributed by atoms with Gasteiger partial charge in [0.2, 0.25) is 11.7 Å². The molecule has 172 valence electrons. The molecule has 1 unspecified atom stereocenters. The van der Waals surface area contributed by atoms with Crippen LogP contribution in [0.2, 0.25) is 5.02 Å². The van der Waals surface area contributed by atoms with E-state index in [0.717, 1.165) is 12.8 Å². The van der Waals surface area contributed by atoms with Crippen LogP contribution in [0.3, 0.4) is 0 Å². The van der Waals surface area contributed by atoms with E-state index < -0.39 is 35.7 Å². The molecule has 0 bridgehead atoms. The summed E-state index contributed by atoms with van der Waals surface area (Å²) in [6, 6.07) is 3.03. The molecular weight excluding hydrogens is 440 g/mol. The molecule has 1 heterocycles. The zero-order chi connectivity index (χ0) is 23.3. The van der Waals surface area contributed by atoms with Gasteiger partial charge in [0, 0.05) is 24.5 Å². The Hall–Kier alpha value is -3.14. The van der Waals surface area contributed by atoms with Gasteiger partial charge in [-0.1, -0.05) is 11.6 Å². The maximum atomic E-state index is 13.0. The fourth-order valence-corrected chi connectivity index (χ4v) is 3.51. The normalized spacial score (nSPS) is 18.3. The number of hydrogen-bond acceptors (Lipinski definition) is 6. The maximum absolute atomic E-state index is 13.0. The number of anilines is 1. The minimum Gasteiger partial charge on any atom is -0.449 e. The summed E-state index contributed by atoms with van der Waals surface area (Å²) < 4.78 is 5.13. The fourth-order valence-electron chi connectivity index (χ4n) is 3.34. The molecule has 2 fully saturated rings. The molecule has 4 N–H and O–H groups in total. The number of Topliss-reactive ketones (excluding diaryl/α,β-unsaturated/α-hetero) is 1. The number of carbonyl (C=O) groups excluding carboxylic acids is 5. The summed E-state index contributed by atoms with van der Waals surface area (Å²) in [6.07, 6.45) is 1.78. The van der Waals surface area contributed by atoms with Crippen molar-refractivity contribution in [2.45, 2.75) is 31.7 Å². The Morgan fingerprint density at radius 3 is 2.59 bits per heavy atom. The average molecular weight is 465 g/mol. The van der Waals surface area contributed by atoms with E-state index in [1.165, 1.54) is 25.2 Å². The highest BCUT2D eigenvalue weighted by Crippen LogP contribution is 2.29. The second kappa shape index (κ2) is 10.4. The highest BCUT2D eigenvalue weighted by molar-refractivity contribution is 6.38.